The zero-order valence-electron chi connectivity index (χ0n) is 19.8. The van der Waals surface area contributed by atoms with Crippen molar-refractivity contribution in [2.24, 2.45) is 0 Å². The average molecular weight is 473 g/mol. The Kier molecular flexibility index (Phi) is 7.47. The van der Waals surface area contributed by atoms with Crippen LogP contribution in [0.3, 0.4) is 0 Å². The van der Waals surface area contributed by atoms with E-state index in [0.717, 1.165) is 5.56 Å². The number of hydrogen-bond donors (Lipinski definition) is 1. The second-order valence-electron chi connectivity index (χ2n) is 8.19. The average Bonchev–Trinajstić information content (AvgIpc) is 2.89. The zero-order chi connectivity index (χ0) is 24.8. The monoisotopic (exact) mass is 472 g/mol. The van der Waals surface area contributed by atoms with E-state index in [1.54, 1.807) is 27.8 Å². The van der Waals surface area contributed by atoms with Crippen molar-refractivity contribution >= 4 is 16.9 Å². The fourth-order valence-corrected chi connectivity index (χ4v) is 4.14. The summed E-state index contributed by atoms with van der Waals surface area (Å²) >= 11 is 0. The Bertz CT molecular complexity index is 1360. The highest BCUT2D eigenvalue weighted by Crippen LogP contribution is 2.25. The minimum atomic E-state index is -0.488. The molecular formula is C26H28N6O3. The summed E-state index contributed by atoms with van der Waals surface area (Å²) in [7, 11) is 1.82. The highest BCUT2D eigenvalue weighted by molar-refractivity contribution is 5.94. The Morgan fingerprint density at radius 2 is 1.89 bits per heavy atom. The summed E-state index contributed by atoms with van der Waals surface area (Å²) in [5, 5.41) is 15.0. The van der Waals surface area contributed by atoms with Crippen molar-refractivity contribution < 1.29 is 9.52 Å². The molecule has 1 N–H and O–H groups in total. The first-order valence-corrected chi connectivity index (χ1v) is 11.6. The number of benzene rings is 1. The molecule has 0 radical (unpaired) electrons. The molecule has 0 fully saturated rings. The van der Waals surface area contributed by atoms with Gasteiger partial charge in [0, 0.05) is 31.4 Å². The highest BCUT2D eigenvalue weighted by atomic mass is 16.5. The van der Waals surface area contributed by atoms with E-state index in [-0.39, 0.29) is 11.5 Å². The minimum Gasteiger partial charge on any atom is -0.619 e. The third kappa shape index (κ3) is 5.20. The van der Waals surface area contributed by atoms with Gasteiger partial charge in [-0.05, 0) is 31.2 Å². The summed E-state index contributed by atoms with van der Waals surface area (Å²) in [5.41, 5.74) is 1.49. The molecule has 3 heterocycles. The standard InChI is InChI=1S/C26H28N6O3/c1-3-22(31(17-14-27-2)25(33)20-11-15-30(35)16-12-20)24-29-23-21(10-7-13-28-23)26(34)32(24)18-19-8-5-4-6-9-19/h4-13,15-16,22,27H,3,14,17-18H2,1-2H3. The largest absolute Gasteiger partial charge is 0.619 e. The summed E-state index contributed by atoms with van der Waals surface area (Å²) < 4.78 is 2.28. The first-order valence-electron chi connectivity index (χ1n) is 11.6. The van der Waals surface area contributed by atoms with Crippen LogP contribution in [0.5, 0.6) is 0 Å². The number of carbonyl (C=O) groups is 1. The van der Waals surface area contributed by atoms with Crippen LogP contribution < -0.4 is 15.6 Å². The van der Waals surface area contributed by atoms with Crippen LogP contribution in [0.15, 0.2) is 78.0 Å². The van der Waals surface area contributed by atoms with Gasteiger partial charge in [-0.25, -0.2) is 9.97 Å². The maximum Gasteiger partial charge on any atom is 0.263 e. The fourth-order valence-electron chi connectivity index (χ4n) is 4.14. The van der Waals surface area contributed by atoms with Crippen molar-refractivity contribution in [1.82, 2.24) is 24.8 Å². The maximum atomic E-state index is 13.6. The molecule has 4 rings (SSSR count). The Morgan fingerprint density at radius 3 is 2.57 bits per heavy atom. The number of carbonyl (C=O) groups excluding carboxylic acids is 1. The van der Waals surface area contributed by atoms with Crippen molar-refractivity contribution in [3.63, 3.8) is 0 Å². The first kappa shape index (κ1) is 24.0. The maximum absolute atomic E-state index is 13.6. The van der Waals surface area contributed by atoms with Crippen molar-refractivity contribution in [2.75, 3.05) is 20.1 Å². The molecule has 0 aliphatic rings. The summed E-state index contributed by atoms with van der Waals surface area (Å²) in [6.45, 7) is 3.22. The number of nitrogens with one attached hydrogen (secondary N) is 1. The second-order valence-corrected chi connectivity index (χ2v) is 8.19. The molecule has 1 aromatic carbocycles. The molecule has 0 aliphatic heterocycles. The third-order valence-electron chi connectivity index (χ3n) is 5.92. The van der Waals surface area contributed by atoms with E-state index < -0.39 is 6.04 Å². The Hall–Kier alpha value is -4.11. The molecule has 1 unspecified atom stereocenters. The van der Waals surface area contributed by atoms with Gasteiger partial charge >= 0.3 is 0 Å². The van der Waals surface area contributed by atoms with E-state index in [4.69, 9.17) is 4.98 Å². The molecule has 0 saturated heterocycles. The molecule has 3 aromatic heterocycles. The fraction of sp³-hybridized carbons (Fsp3) is 0.269. The number of hydrogen-bond acceptors (Lipinski definition) is 6. The predicted molar refractivity (Wildman–Crippen MR) is 133 cm³/mol. The molecular weight excluding hydrogens is 444 g/mol. The van der Waals surface area contributed by atoms with Crippen molar-refractivity contribution in [3.8, 4) is 0 Å². The van der Waals surface area contributed by atoms with Crippen LogP contribution in [0.4, 0.5) is 0 Å². The lowest BCUT2D eigenvalue weighted by Gasteiger charge is -2.32. The van der Waals surface area contributed by atoms with E-state index in [9.17, 15) is 14.8 Å². The van der Waals surface area contributed by atoms with E-state index in [1.165, 1.54) is 24.5 Å². The normalized spacial score (nSPS) is 11.9. The van der Waals surface area contributed by atoms with Gasteiger partial charge in [0.25, 0.3) is 11.5 Å². The highest BCUT2D eigenvalue weighted by Gasteiger charge is 2.29. The van der Waals surface area contributed by atoms with Gasteiger partial charge in [0.05, 0.1) is 23.5 Å². The lowest BCUT2D eigenvalue weighted by molar-refractivity contribution is -0.605. The molecule has 1 amide bonds. The van der Waals surface area contributed by atoms with Crippen LogP contribution in [0.25, 0.3) is 11.0 Å². The molecule has 4 aromatic rings. The van der Waals surface area contributed by atoms with Gasteiger partial charge < -0.3 is 15.4 Å². The van der Waals surface area contributed by atoms with Crippen LogP contribution in [0.2, 0.25) is 0 Å². The van der Waals surface area contributed by atoms with E-state index in [2.05, 4.69) is 10.3 Å². The van der Waals surface area contributed by atoms with E-state index in [1.807, 2.05) is 44.3 Å². The minimum absolute atomic E-state index is 0.200. The lowest BCUT2D eigenvalue weighted by atomic mass is 10.1. The molecule has 0 bridgehead atoms. The van der Waals surface area contributed by atoms with Crippen LogP contribution in [0, 0.1) is 5.21 Å². The van der Waals surface area contributed by atoms with Gasteiger partial charge in [-0.2, -0.15) is 4.73 Å². The molecule has 180 valence electrons. The van der Waals surface area contributed by atoms with Crippen LogP contribution >= 0.6 is 0 Å². The van der Waals surface area contributed by atoms with E-state index >= 15 is 0 Å². The summed E-state index contributed by atoms with van der Waals surface area (Å²) in [6, 6.07) is 15.6. The number of fused-ring (bicyclic) bond motifs is 1. The number of aromatic nitrogens is 4. The van der Waals surface area contributed by atoms with Gasteiger partial charge in [-0.1, -0.05) is 37.3 Å². The number of rotatable bonds is 9. The number of pyridine rings is 2. The molecule has 0 saturated carbocycles. The van der Waals surface area contributed by atoms with Gasteiger partial charge in [0.2, 0.25) is 0 Å². The van der Waals surface area contributed by atoms with Crippen molar-refractivity contribution in [2.45, 2.75) is 25.9 Å². The number of likely N-dealkylation sites (N-methyl/N-ethyl adjacent to an activating group) is 1. The number of nitrogens with zero attached hydrogens (tertiary/aromatic N) is 5. The Balaban J connectivity index is 1.86. The number of amides is 1. The Morgan fingerprint density at radius 1 is 1.14 bits per heavy atom. The molecule has 35 heavy (non-hydrogen) atoms. The molecule has 1 atom stereocenters. The van der Waals surface area contributed by atoms with E-state index in [0.29, 0.717) is 53.2 Å². The molecule has 0 spiro atoms. The summed E-state index contributed by atoms with van der Waals surface area (Å²) in [6.07, 6.45) is 4.73. The van der Waals surface area contributed by atoms with Crippen LogP contribution in [-0.2, 0) is 6.54 Å². The lowest BCUT2D eigenvalue weighted by Crippen LogP contribution is -2.42. The molecule has 9 nitrogen and oxygen atoms in total. The van der Waals surface area contributed by atoms with Gasteiger partial charge in [-0.3, -0.25) is 14.2 Å². The smallest absolute Gasteiger partial charge is 0.263 e. The summed E-state index contributed by atoms with van der Waals surface area (Å²) in [4.78, 5) is 38.1. The van der Waals surface area contributed by atoms with Gasteiger partial charge in [0.15, 0.2) is 18.0 Å². The first-order chi connectivity index (χ1) is 17.0. The molecule has 0 aliphatic carbocycles. The quantitative estimate of drug-likeness (QED) is 0.296. The Labute approximate surface area is 203 Å². The van der Waals surface area contributed by atoms with Gasteiger partial charge in [-0.15, -0.1) is 0 Å². The molecule has 9 heteroatoms. The topological polar surface area (TPSA) is 107 Å². The summed E-state index contributed by atoms with van der Waals surface area (Å²) in [5.74, 6) is 0.237. The second kappa shape index (κ2) is 10.9. The van der Waals surface area contributed by atoms with Crippen LogP contribution in [0.1, 0.15) is 41.1 Å². The third-order valence-corrected chi connectivity index (χ3v) is 5.92. The van der Waals surface area contributed by atoms with Crippen LogP contribution in [-0.4, -0.2) is 45.5 Å². The zero-order valence-corrected chi connectivity index (χ0v) is 19.8. The predicted octanol–water partition coefficient (Wildman–Crippen LogP) is 2.29. The van der Waals surface area contributed by atoms with Crippen molar-refractivity contribution in [3.05, 3.63) is 106 Å². The van der Waals surface area contributed by atoms with Crippen molar-refractivity contribution in [1.29, 1.82) is 0 Å². The van der Waals surface area contributed by atoms with Gasteiger partial charge in [0.1, 0.15) is 5.82 Å². The SMILES string of the molecule is CCC(c1nc2ncccc2c(=O)n1Cc1ccccc1)N(CCNC)C(=O)c1cc[n+]([O-])cc1.